The first kappa shape index (κ1) is 3.95. The van der Waals surface area contributed by atoms with Crippen molar-refractivity contribution >= 4 is 11.9 Å². The van der Waals surface area contributed by atoms with Gasteiger partial charge in [-0.3, -0.25) is 9.59 Å². The number of aliphatic carboxylic acids is 1. The number of rotatable bonds is 2. The molecule has 4 heteroatoms. The summed E-state index contributed by atoms with van der Waals surface area (Å²) >= 11 is 0. The first-order valence-electron chi connectivity index (χ1n) is 4.15. The van der Waals surface area contributed by atoms with Crippen LogP contribution in [0.5, 0.6) is 0 Å². The highest BCUT2D eigenvalue weighted by molar-refractivity contribution is 5.86. The lowest BCUT2D eigenvalue weighted by Gasteiger charge is -1.92. The number of hydrogen-bond acceptors (Lipinski definition) is 3. The minimum atomic E-state index is -2.39. The fourth-order valence-electron chi connectivity index (χ4n) is 0.564. The van der Waals surface area contributed by atoms with E-state index in [9.17, 15) is 9.59 Å². The Labute approximate surface area is 62.0 Å². The maximum Gasteiger partial charge on any atom is 0.309 e. The summed E-state index contributed by atoms with van der Waals surface area (Å²) in [6, 6.07) is 0. The molecule has 0 spiro atoms. The van der Waals surface area contributed by atoms with E-state index in [1.165, 1.54) is 0 Å². The number of methoxy groups -OCH3 is 1. The van der Waals surface area contributed by atoms with Crippen molar-refractivity contribution in [1.82, 2.24) is 0 Å². The van der Waals surface area contributed by atoms with Crippen LogP contribution >= 0.6 is 0 Å². The van der Waals surface area contributed by atoms with E-state index >= 15 is 0 Å². The van der Waals surface area contributed by atoms with E-state index in [1.54, 1.807) is 0 Å². The van der Waals surface area contributed by atoms with Crippen LogP contribution in [0.3, 0.4) is 0 Å². The molecule has 0 bridgehead atoms. The van der Waals surface area contributed by atoms with Crippen molar-refractivity contribution in [3.05, 3.63) is 0 Å². The predicted molar refractivity (Wildman–Crippen MR) is 31.2 cm³/mol. The van der Waals surface area contributed by atoms with Crippen molar-refractivity contribution in [3.8, 4) is 0 Å². The lowest BCUT2D eigenvalue weighted by atomic mass is 10.3. The van der Waals surface area contributed by atoms with Crippen molar-refractivity contribution in [2.24, 2.45) is 11.8 Å². The molecule has 0 aromatic rings. The summed E-state index contributed by atoms with van der Waals surface area (Å²) < 4.78 is 25.8. The maximum atomic E-state index is 10.9. The Balaban J connectivity index is 2.99. The quantitative estimate of drug-likeness (QED) is 0.438. The molecule has 0 saturated heterocycles. The van der Waals surface area contributed by atoms with Crippen LogP contribution in [0.15, 0.2) is 0 Å². The molecule has 1 saturated carbocycles. The zero-order chi connectivity index (χ0) is 10.4. The fraction of sp³-hybridized carbons (Fsp3) is 0.667. The van der Waals surface area contributed by atoms with Crippen molar-refractivity contribution in [3.63, 3.8) is 0 Å². The lowest BCUT2D eigenvalue weighted by molar-refractivity contribution is -0.146. The Morgan fingerprint density at radius 1 is 1.80 bits per heavy atom. The van der Waals surface area contributed by atoms with Gasteiger partial charge >= 0.3 is 11.9 Å². The van der Waals surface area contributed by atoms with E-state index in [0.717, 1.165) is 7.11 Å². The molecule has 1 aliphatic rings. The lowest BCUT2D eigenvalue weighted by Crippen LogP contribution is -2.08. The summed E-state index contributed by atoms with van der Waals surface area (Å²) in [6.07, 6.45) is -1.59. The minimum absolute atomic E-state index is 0.992. The normalized spacial score (nSPS) is 55.7. The third-order valence-electron chi connectivity index (χ3n) is 1.13. The average molecular weight is 148 g/mol. The summed E-state index contributed by atoms with van der Waals surface area (Å²) in [4.78, 5) is 21.4. The second-order valence-corrected chi connectivity index (χ2v) is 1.77. The zero-order valence-corrected chi connectivity index (χ0v) is 5.25. The molecule has 0 aromatic heterocycles. The summed E-state index contributed by atoms with van der Waals surface area (Å²) in [5, 5.41) is 8.53. The molecule has 0 amide bonds. The van der Waals surface area contributed by atoms with E-state index < -0.39 is 30.1 Å². The second-order valence-electron chi connectivity index (χ2n) is 1.77. The SMILES string of the molecule is [2H][13CH]1[C@]([2H])(C(=O)O)[C@@]1([2H])C(=O)OC. The molecule has 0 radical (unpaired) electrons. The molecular formula is C6H8O4. The Bertz CT molecular complexity index is 281. The molecule has 0 aromatic carbocycles. The molecule has 1 unspecified atom stereocenters. The van der Waals surface area contributed by atoms with Gasteiger partial charge in [0.15, 0.2) is 0 Å². The van der Waals surface area contributed by atoms with Gasteiger partial charge < -0.3 is 9.84 Å². The molecule has 0 heterocycles. The Morgan fingerprint density at radius 2 is 2.40 bits per heavy atom. The summed E-state index contributed by atoms with van der Waals surface area (Å²) in [7, 11) is 0.992. The standard InChI is InChI=1S/C6H8O4/c1-10-6(9)4-2-3(4)5(7)8/h3-4H,2H2,1H3,(H,7,8)/t3-,4-/m0/s1/i2+1D,3D,4D/t2?,3-,4-. The third-order valence-corrected chi connectivity index (χ3v) is 1.13. The number of carbonyl (C=O) groups excluding carboxylic acids is 1. The van der Waals surface area contributed by atoms with E-state index in [1.807, 2.05) is 0 Å². The van der Waals surface area contributed by atoms with E-state index in [-0.39, 0.29) is 0 Å². The molecule has 3 atom stereocenters. The van der Waals surface area contributed by atoms with Gasteiger partial charge in [-0.25, -0.2) is 0 Å². The number of hydrogen-bond donors (Lipinski definition) is 1. The summed E-state index contributed by atoms with van der Waals surface area (Å²) in [5.74, 6) is -7.47. The van der Waals surface area contributed by atoms with Crippen LogP contribution in [0.25, 0.3) is 0 Å². The van der Waals surface area contributed by atoms with Crippen LogP contribution in [-0.2, 0) is 14.3 Å². The number of ether oxygens (including phenoxy) is 1. The first-order valence-corrected chi connectivity index (χ1v) is 2.57. The minimum Gasteiger partial charge on any atom is -0.481 e. The van der Waals surface area contributed by atoms with Gasteiger partial charge in [0.2, 0.25) is 0 Å². The molecule has 0 aliphatic heterocycles. The van der Waals surface area contributed by atoms with Gasteiger partial charge in [0, 0.05) is 4.11 Å². The van der Waals surface area contributed by atoms with Gasteiger partial charge in [-0.2, -0.15) is 0 Å². The Hall–Kier alpha value is -1.06. The first-order chi connectivity index (χ1) is 5.83. The molecule has 1 fully saturated rings. The Kier molecular flexibility index (Phi) is 0.903. The highest BCUT2D eigenvalue weighted by atomic mass is 16.5. The van der Waals surface area contributed by atoms with Crippen molar-refractivity contribution in [2.45, 2.75) is 6.40 Å². The van der Waals surface area contributed by atoms with Gasteiger partial charge in [-0.05, 0) is 6.40 Å². The van der Waals surface area contributed by atoms with Crippen LogP contribution in [0.2, 0.25) is 0 Å². The van der Waals surface area contributed by atoms with Crippen LogP contribution in [0, 0.1) is 11.8 Å². The largest absolute Gasteiger partial charge is 0.481 e. The number of esters is 1. The fourth-order valence-corrected chi connectivity index (χ4v) is 0.564. The van der Waals surface area contributed by atoms with Gasteiger partial charge in [0.05, 0.1) is 18.9 Å². The van der Waals surface area contributed by atoms with Crippen molar-refractivity contribution < 1.29 is 23.5 Å². The zero-order valence-electron chi connectivity index (χ0n) is 8.25. The van der Waals surface area contributed by atoms with Crippen LogP contribution in [-0.4, -0.2) is 24.2 Å². The van der Waals surface area contributed by atoms with Crippen LogP contribution in [0.4, 0.5) is 0 Å². The molecule has 56 valence electrons. The maximum absolute atomic E-state index is 10.9. The van der Waals surface area contributed by atoms with Gasteiger partial charge in [-0.1, -0.05) is 0 Å². The van der Waals surface area contributed by atoms with E-state index in [4.69, 9.17) is 9.22 Å². The van der Waals surface area contributed by atoms with Crippen LogP contribution in [0.1, 0.15) is 10.5 Å². The van der Waals surface area contributed by atoms with E-state index in [2.05, 4.69) is 4.74 Å². The smallest absolute Gasteiger partial charge is 0.309 e. The monoisotopic (exact) mass is 148 g/mol. The summed E-state index contributed by atoms with van der Waals surface area (Å²) in [5.41, 5.74) is 0. The number of carbonyl (C=O) groups is 2. The van der Waals surface area contributed by atoms with Gasteiger partial charge in [-0.15, -0.1) is 0 Å². The molecule has 1 aliphatic carbocycles. The van der Waals surface area contributed by atoms with Crippen molar-refractivity contribution in [1.29, 1.82) is 0 Å². The van der Waals surface area contributed by atoms with Crippen molar-refractivity contribution in [2.75, 3.05) is 7.11 Å². The number of carboxylic acid groups (broad SMARTS) is 1. The number of carboxylic acids is 1. The summed E-state index contributed by atoms with van der Waals surface area (Å²) in [6.45, 7) is 0. The van der Waals surface area contributed by atoms with Gasteiger partial charge in [0.25, 0.3) is 0 Å². The predicted octanol–water partition coefficient (Wildman–Crippen LogP) is -0.120. The Morgan fingerprint density at radius 3 is 2.70 bits per heavy atom. The third kappa shape index (κ3) is 1.10. The van der Waals surface area contributed by atoms with Gasteiger partial charge in [0.1, 0.15) is 0 Å². The highest BCUT2D eigenvalue weighted by Gasteiger charge is 2.49. The highest BCUT2D eigenvalue weighted by Crippen LogP contribution is 2.39. The average Bonchev–Trinajstić information content (AvgIpc) is 2.53. The van der Waals surface area contributed by atoms with E-state index in [0.29, 0.717) is 0 Å². The molecular weight excluding hydrogens is 137 g/mol. The second kappa shape index (κ2) is 2.28. The van der Waals surface area contributed by atoms with Crippen LogP contribution < -0.4 is 0 Å². The molecule has 1 N–H and O–H groups in total. The topological polar surface area (TPSA) is 63.6 Å². The molecule has 10 heavy (non-hydrogen) atoms. The molecule has 1 rings (SSSR count). The molecule has 4 nitrogen and oxygen atoms in total.